The minimum Gasteiger partial charge on any atom is -0.385 e. The molecule has 0 saturated carbocycles. The van der Waals surface area contributed by atoms with E-state index in [1.165, 1.54) is 0 Å². The second-order valence-electron chi connectivity index (χ2n) is 4.10. The maximum absolute atomic E-state index is 5.00. The molecule has 0 aromatic carbocycles. The number of aliphatic imine (C=N–C) groups is 1. The van der Waals surface area contributed by atoms with Crippen LogP contribution in [0.15, 0.2) is 29.4 Å². The van der Waals surface area contributed by atoms with E-state index in [0.29, 0.717) is 0 Å². The van der Waals surface area contributed by atoms with Gasteiger partial charge in [0.2, 0.25) is 0 Å². The van der Waals surface area contributed by atoms with Gasteiger partial charge in [0.05, 0.1) is 0 Å². The standard InChI is InChI=1S/C14H24N4O/c1-3-15-14(17-10-6-12-19-2)18-11-8-13-7-4-5-9-16-13/h4-5,7,9H,3,6,8,10-12H2,1-2H3,(H2,15,17,18). The Bertz CT molecular complexity index is 354. The van der Waals surface area contributed by atoms with E-state index in [0.717, 1.165) is 50.7 Å². The molecule has 0 bridgehead atoms. The number of aromatic nitrogens is 1. The Morgan fingerprint density at radius 3 is 2.95 bits per heavy atom. The van der Waals surface area contributed by atoms with Crippen molar-refractivity contribution in [2.75, 3.05) is 33.4 Å². The molecule has 0 aliphatic carbocycles. The number of guanidine groups is 1. The maximum atomic E-state index is 5.00. The van der Waals surface area contributed by atoms with E-state index >= 15 is 0 Å². The summed E-state index contributed by atoms with van der Waals surface area (Å²) in [7, 11) is 1.71. The number of rotatable bonds is 8. The van der Waals surface area contributed by atoms with Gasteiger partial charge in [-0.15, -0.1) is 0 Å². The van der Waals surface area contributed by atoms with Crippen LogP contribution in [-0.4, -0.2) is 44.3 Å². The fourth-order valence-corrected chi connectivity index (χ4v) is 1.60. The van der Waals surface area contributed by atoms with Crippen LogP contribution in [0, 0.1) is 0 Å². The van der Waals surface area contributed by atoms with Crippen molar-refractivity contribution in [2.45, 2.75) is 19.8 Å². The fourth-order valence-electron chi connectivity index (χ4n) is 1.60. The molecule has 1 heterocycles. The Hall–Kier alpha value is -1.62. The molecule has 106 valence electrons. The van der Waals surface area contributed by atoms with Crippen LogP contribution in [-0.2, 0) is 11.2 Å². The van der Waals surface area contributed by atoms with Crippen LogP contribution in [0.5, 0.6) is 0 Å². The van der Waals surface area contributed by atoms with Crippen LogP contribution in [0.4, 0.5) is 0 Å². The van der Waals surface area contributed by atoms with Crippen molar-refractivity contribution in [1.82, 2.24) is 15.6 Å². The van der Waals surface area contributed by atoms with Gasteiger partial charge in [-0.1, -0.05) is 6.07 Å². The summed E-state index contributed by atoms with van der Waals surface area (Å²) in [6.07, 6.45) is 3.65. The number of ether oxygens (including phenoxy) is 1. The van der Waals surface area contributed by atoms with E-state index in [9.17, 15) is 0 Å². The van der Waals surface area contributed by atoms with Gasteiger partial charge in [-0.2, -0.15) is 0 Å². The Morgan fingerprint density at radius 1 is 1.37 bits per heavy atom. The third kappa shape index (κ3) is 7.41. The van der Waals surface area contributed by atoms with Crippen molar-refractivity contribution in [3.63, 3.8) is 0 Å². The second-order valence-corrected chi connectivity index (χ2v) is 4.10. The lowest BCUT2D eigenvalue weighted by Gasteiger charge is -2.10. The molecule has 5 nitrogen and oxygen atoms in total. The van der Waals surface area contributed by atoms with Gasteiger partial charge in [0.15, 0.2) is 5.96 Å². The minimum absolute atomic E-state index is 0.747. The lowest BCUT2D eigenvalue weighted by atomic mass is 10.3. The first-order chi connectivity index (χ1) is 9.36. The highest BCUT2D eigenvalue weighted by molar-refractivity contribution is 5.79. The van der Waals surface area contributed by atoms with Crippen LogP contribution in [0.3, 0.4) is 0 Å². The summed E-state index contributed by atoms with van der Waals surface area (Å²) in [5.41, 5.74) is 1.09. The Kier molecular flexibility index (Phi) is 8.38. The van der Waals surface area contributed by atoms with E-state index in [2.05, 4.69) is 27.5 Å². The average molecular weight is 264 g/mol. The molecule has 0 saturated heterocycles. The van der Waals surface area contributed by atoms with Gasteiger partial charge in [0.25, 0.3) is 0 Å². The van der Waals surface area contributed by atoms with Crippen molar-refractivity contribution in [1.29, 1.82) is 0 Å². The zero-order valence-corrected chi connectivity index (χ0v) is 11.9. The molecular weight excluding hydrogens is 240 g/mol. The van der Waals surface area contributed by atoms with Gasteiger partial charge in [-0.05, 0) is 25.5 Å². The molecule has 2 N–H and O–H groups in total. The van der Waals surface area contributed by atoms with Crippen LogP contribution < -0.4 is 10.6 Å². The van der Waals surface area contributed by atoms with Gasteiger partial charge in [-0.25, -0.2) is 0 Å². The van der Waals surface area contributed by atoms with Crippen molar-refractivity contribution in [3.8, 4) is 0 Å². The molecule has 1 aromatic rings. The third-order valence-electron chi connectivity index (χ3n) is 2.52. The number of hydrogen-bond acceptors (Lipinski definition) is 3. The largest absolute Gasteiger partial charge is 0.385 e. The molecule has 1 aromatic heterocycles. The molecule has 0 atom stereocenters. The number of methoxy groups -OCH3 is 1. The van der Waals surface area contributed by atoms with Gasteiger partial charge < -0.3 is 15.4 Å². The van der Waals surface area contributed by atoms with E-state index in [4.69, 9.17) is 4.74 Å². The summed E-state index contributed by atoms with van der Waals surface area (Å²) in [5.74, 6) is 0.856. The maximum Gasteiger partial charge on any atom is 0.191 e. The monoisotopic (exact) mass is 264 g/mol. The summed E-state index contributed by atoms with van der Waals surface area (Å²) in [6.45, 7) is 5.27. The summed E-state index contributed by atoms with van der Waals surface area (Å²) in [6, 6.07) is 5.97. The smallest absolute Gasteiger partial charge is 0.191 e. The summed E-state index contributed by atoms with van der Waals surface area (Å²) in [4.78, 5) is 8.77. The predicted octanol–water partition coefficient (Wildman–Crippen LogP) is 1.22. The van der Waals surface area contributed by atoms with E-state index in [-0.39, 0.29) is 0 Å². The van der Waals surface area contributed by atoms with Crippen molar-refractivity contribution in [2.24, 2.45) is 4.99 Å². The quantitative estimate of drug-likeness (QED) is 0.421. The van der Waals surface area contributed by atoms with Crippen LogP contribution >= 0.6 is 0 Å². The Morgan fingerprint density at radius 2 is 2.26 bits per heavy atom. The van der Waals surface area contributed by atoms with Crippen molar-refractivity contribution >= 4 is 5.96 Å². The first-order valence-electron chi connectivity index (χ1n) is 6.78. The van der Waals surface area contributed by atoms with Gasteiger partial charge in [0, 0.05) is 51.7 Å². The summed E-state index contributed by atoms with van der Waals surface area (Å²) in [5, 5.41) is 6.53. The average Bonchev–Trinajstić information content (AvgIpc) is 2.44. The first-order valence-corrected chi connectivity index (χ1v) is 6.78. The summed E-state index contributed by atoms with van der Waals surface area (Å²) < 4.78 is 5.00. The molecule has 0 aliphatic rings. The molecule has 0 amide bonds. The number of nitrogens with zero attached hydrogens (tertiary/aromatic N) is 2. The molecular formula is C14H24N4O. The third-order valence-corrected chi connectivity index (χ3v) is 2.52. The minimum atomic E-state index is 0.747. The highest BCUT2D eigenvalue weighted by Crippen LogP contribution is 1.93. The molecule has 1 rings (SSSR count). The lowest BCUT2D eigenvalue weighted by Crippen LogP contribution is -2.38. The highest BCUT2D eigenvalue weighted by atomic mass is 16.5. The number of pyridine rings is 1. The van der Waals surface area contributed by atoms with Crippen molar-refractivity contribution < 1.29 is 4.74 Å². The zero-order valence-electron chi connectivity index (χ0n) is 11.9. The topological polar surface area (TPSA) is 58.5 Å². The molecule has 0 fully saturated rings. The predicted molar refractivity (Wildman–Crippen MR) is 78.4 cm³/mol. The van der Waals surface area contributed by atoms with Gasteiger partial charge in [0.1, 0.15) is 0 Å². The molecule has 0 unspecified atom stereocenters. The Labute approximate surface area is 115 Å². The van der Waals surface area contributed by atoms with E-state index in [1.807, 2.05) is 24.4 Å². The number of nitrogens with one attached hydrogen (secondary N) is 2. The van der Waals surface area contributed by atoms with Gasteiger partial charge >= 0.3 is 0 Å². The Balaban J connectivity index is 2.28. The van der Waals surface area contributed by atoms with Crippen LogP contribution in [0.2, 0.25) is 0 Å². The molecule has 19 heavy (non-hydrogen) atoms. The second kappa shape index (κ2) is 10.3. The molecule has 0 aliphatic heterocycles. The highest BCUT2D eigenvalue weighted by Gasteiger charge is 1.97. The van der Waals surface area contributed by atoms with Crippen molar-refractivity contribution in [3.05, 3.63) is 30.1 Å². The lowest BCUT2D eigenvalue weighted by molar-refractivity contribution is 0.197. The normalized spacial score (nSPS) is 11.4. The van der Waals surface area contributed by atoms with Gasteiger partial charge in [-0.3, -0.25) is 9.98 Å². The molecule has 0 radical (unpaired) electrons. The van der Waals surface area contributed by atoms with Crippen LogP contribution in [0.1, 0.15) is 19.0 Å². The van der Waals surface area contributed by atoms with E-state index < -0.39 is 0 Å². The molecule has 0 spiro atoms. The van der Waals surface area contributed by atoms with Crippen LogP contribution in [0.25, 0.3) is 0 Å². The molecule has 5 heteroatoms. The first kappa shape index (κ1) is 15.4. The summed E-state index contributed by atoms with van der Waals surface area (Å²) >= 11 is 0. The fraction of sp³-hybridized carbons (Fsp3) is 0.571. The zero-order chi connectivity index (χ0) is 13.8. The van der Waals surface area contributed by atoms with E-state index in [1.54, 1.807) is 7.11 Å². The number of hydrogen-bond donors (Lipinski definition) is 2. The SMILES string of the molecule is CCNC(=NCCCOC)NCCc1ccccn1.